The van der Waals surface area contributed by atoms with Gasteiger partial charge in [0.05, 0.1) is 23.8 Å². The van der Waals surface area contributed by atoms with Gasteiger partial charge in [0, 0.05) is 35.5 Å². The number of aromatic nitrogens is 1. The van der Waals surface area contributed by atoms with Crippen molar-refractivity contribution in [2.24, 2.45) is 4.99 Å². The van der Waals surface area contributed by atoms with Crippen LogP contribution < -0.4 is 9.47 Å². The number of carbonyl (C=O) groups excluding carboxylic acids is 1. The van der Waals surface area contributed by atoms with Gasteiger partial charge in [-0.05, 0) is 67.5 Å². The van der Waals surface area contributed by atoms with Crippen LogP contribution in [0.4, 0.5) is 0 Å². The number of allylic oxidation sites excluding steroid dienone is 1. The molecule has 190 valence electrons. The molecule has 0 saturated carbocycles. The summed E-state index contributed by atoms with van der Waals surface area (Å²) in [6, 6.07) is 13.5. The topological polar surface area (TPSA) is 98.1 Å². The minimum absolute atomic E-state index is 0.170. The minimum atomic E-state index is -1.23. The molecular weight excluding hydrogens is 492 g/mol. The first kappa shape index (κ1) is 26.1. The largest absolute Gasteiger partial charge is 0.494 e. The number of benzene rings is 2. The van der Waals surface area contributed by atoms with Crippen molar-refractivity contribution in [2.75, 3.05) is 13.2 Å². The molecule has 0 fully saturated rings. The molecule has 1 aromatic heterocycles. The maximum atomic E-state index is 13.8. The Morgan fingerprint density at radius 2 is 1.89 bits per heavy atom. The number of ether oxygens (including phenoxy) is 2. The third kappa shape index (κ3) is 5.73. The van der Waals surface area contributed by atoms with Crippen LogP contribution in [-0.2, 0) is 6.42 Å². The van der Waals surface area contributed by atoms with Gasteiger partial charge in [0.15, 0.2) is 5.78 Å². The summed E-state index contributed by atoms with van der Waals surface area (Å²) >= 11 is 6.51. The number of nitrogens with zero attached hydrogens (tertiary/aromatic N) is 2. The van der Waals surface area contributed by atoms with E-state index in [0.29, 0.717) is 47.1 Å². The van der Waals surface area contributed by atoms with Gasteiger partial charge < -0.3 is 14.6 Å². The molecule has 0 spiro atoms. The molecule has 1 aliphatic heterocycles. The molecule has 0 saturated heterocycles. The fourth-order valence-electron chi connectivity index (χ4n) is 4.13. The molecule has 4 rings (SSSR count). The number of aromatic carboxylic acids is 1. The Hall–Kier alpha value is -3.97. The Labute approximate surface area is 220 Å². The molecule has 37 heavy (non-hydrogen) atoms. The normalized spacial score (nSPS) is 16.1. The lowest BCUT2D eigenvalue weighted by Gasteiger charge is -2.25. The average molecular weight is 519 g/mol. The zero-order chi connectivity index (χ0) is 26.4. The highest BCUT2D eigenvalue weighted by atomic mass is 35.5. The van der Waals surface area contributed by atoms with E-state index in [-0.39, 0.29) is 22.8 Å². The van der Waals surface area contributed by atoms with Gasteiger partial charge in [-0.25, -0.2) is 9.78 Å². The SMILES string of the molecule is CCCOc1ccc(C(=O)C2(Cc3cc(-c4cccc(C(=O)O)c4)cnc3OCC)C=CC=N2)c(Cl)c1. The van der Waals surface area contributed by atoms with Crippen LogP contribution in [0.25, 0.3) is 11.1 Å². The van der Waals surface area contributed by atoms with E-state index in [4.69, 9.17) is 21.1 Å². The number of hydrogen-bond acceptors (Lipinski definition) is 6. The fraction of sp³-hybridized carbons (Fsp3) is 0.241. The smallest absolute Gasteiger partial charge is 0.335 e. The second kappa shape index (κ2) is 11.4. The van der Waals surface area contributed by atoms with Gasteiger partial charge in [0.2, 0.25) is 5.88 Å². The third-order valence-electron chi connectivity index (χ3n) is 5.92. The van der Waals surface area contributed by atoms with Gasteiger partial charge in [0.1, 0.15) is 11.3 Å². The highest BCUT2D eigenvalue weighted by Crippen LogP contribution is 2.35. The van der Waals surface area contributed by atoms with Gasteiger partial charge in [0.25, 0.3) is 0 Å². The number of carboxylic acids is 1. The molecule has 1 unspecified atom stereocenters. The van der Waals surface area contributed by atoms with E-state index >= 15 is 0 Å². The molecule has 0 aliphatic carbocycles. The van der Waals surface area contributed by atoms with Crippen LogP contribution in [0.5, 0.6) is 11.6 Å². The van der Waals surface area contributed by atoms with E-state index in [1.165, 1.54) is 6.07 Å². The third-order valence-corrected chi connectivity index (χ3v) is 6.24. The Morgan fingerprint density at radius 3 is 2.57 bits per heavy atom. The fourth-order valence-corrected chi connectivity index (χ4v) is 4.39. The number of hydrogen-bond donors (Lipinski definition) is 1. The van der Waals surface area contributed by atoms with Gasteiger partial charge in [-0.1, -0.05) is 30.7 Å². The quantitative estimate of drug-likeness (QED) is 0.308. The molecule has 2 aromatic carbocycles. The lowest BCUT2D eigenvalue weighted by atomic mass is 9.84. The van der Waals surface area contributed by atoms with Crippen LogP contribution in [0.15, 0.2) is 71.9 Å². The summed E-state index contributed by atoms with van der Waals surface area (Å²) in [6.07, 6.45) is 7.75. The number of Topliss-reactive ketones (excluding diaryl/α,β-unsaturated/α-hetero) is 1. The van der Waals surface area contributed by atoms with E-state index in [0.717, 1.165) is 6.42 Å². The number of carbonyl (C=O) groups is 2. The van der Waals surface area contributed by atoms with Crippen LogP contribution in [-0.4, -0.2) is 46.8 Å². The number of halogens is 1. The van der Waals surface area contributed by atoms with Gasteiger partial charge in [-0.15, -0.1) is 0 Å². The Balaban J connectivity index is 1.72. The molecule has 1 N–H and O–H groups in total. The molecule has 1 atom stereocenters. The molecular formula is C29H27ClN2O5. The van der Waals surface area contributed by atoms with E-state index in [2.05, 4.69) is 9.98 Å². The molecule has 7 nitrogen and oxygen atoms in total. The maximum absolute atomic E-state index is 13.8. The monoisotopic (exact) mass is 518 g/mol. The van der Waals surface area contributed by atoms with Crippen LogP contribution in [0.2, 0.25) is 5.02 Å². The Kier molecular flexibility index (Phi) is 8.04. The highest BCUT2D eigenvalue weighted by Gasteiger charge is 2.39. The van der Waals surface area contributed by atoms with Crippen LogP contribution in [0.1, 0.15) is 46.5 Å². The van der Waals surface area contributed by atoms with Crippen molar-refractivity contribution >= 4 is 29.6 Å². The maximum Gasteiger partial charge on any atom is 0.335 e. The summed E-state index contributed by atoms with van der Waals surface area (Å²) in [7, 11) is 0. The van der Waals surface area contributed by atoms with Crippen molar-refractivity contribution < 1.29 is 24.2 Å². The number of pyridine rings is 1. The van der Waals surface area contributed by atoms with Crippen molar-refractivity contribution in [2.45, 2.75) is 32.2 Å². The Morgan fingerprint density at radius 1 is 1.05 bits per heavy atom. The molecule has 8 heteroatoms. The molecule has 3 aromatic rings. The standard InChI is InChI=1S/C29H27ClN2O5/c1-3-13-37-23-9-10-24(25(30)16-23)26(33)29(11-6-12-32-29)17-21-15-22(18-31-27(21)36-4-2)19-7-5-8-20(14-19)28(34)35/h5-12,14-16,18H,3-4,13,17H2,1-2H3,(H,34,35). The predicted octanol–water partition coefficient (Wildman–Crippen LogP) is 6.09. The first-order valence-corrected chi connectivity index (χ1v) is 12.4. The van der Waals surface area contributed by atoms with Gasteiger partial charge in [-0.2, -0.15) is 0 Å². The summed E-state index contributed by atoms with van der Waals surface area (Å²) < 4.78 is 11.4. The molecule has 0 amide bonds. The summed E-state index contributed by atoms with van der Waals surface area (Å²) in [5.74, 6) is -0.288. The van der Waals surface area contributed by atoms with Gasteiger partial charge >= 0.3 is 5.97 Å². The zero-order valence-corrected chi connectivity index (χ0v) is 21.4. The second-order valence-corrected chi connectivity index (χ2v) is 8.97. The van der Waals surface area contributed by atoms with E-state index in [9.17, 15) is 14.7 Å². The lowest BCUT2D eigenvalue weighted by Crippen LogP contribution is -2.36. The van der Waals surface area contributed by atoms with E-state index < -0.39 is 11.5 Å². The number of rotatable bonds is 11. The van der Waals surface area contributed by atoms with Crippen LogP contribution >= 0.6 is 11.6 Å². The summed E-state index contributed by atoms with van der Waals surface area (Å²) in [4.78, 5) is 34.3. The van der Waals surface area contributed by atoms with Crippen molar-refractivity contribution in [3.8, 4) is 22.8 Å². The van der Waals surface area contributed by atoms with Crippen LogP contribution in [0.3, 0.4) is 0 Å². The van der Waals surface area contributed by atoms with E-state index in [1.54, 1.807) is 54.9 Å². The number of carboxylic acid groups (broad SMARTS) is 1. The first-order valence-electron chi connectivity index (χ1n) is 12.0. The number of ketones is 1. The molecule has 0 bridgehead atoms. The van der Waals surface area contributed by atoms with Crippen LogP contribution in [0, 0.1) is 0 Å². The van der Waals surface area contributed by atoms with Crippen molar-refractivity contribution in [1.29, 1.82) is 0 Å². The van der Waals surface area contributed by atoms with Gasteiger partial charge in [-0.3, -0.25) is 9.79 Å². The molecule has 1 aliphatic rings. The lowest BCUT2D eigenvalue weighted by molar-refractivity contribution is 0.0696. The summed E-state index contributed by atoms with van der Waals surface area (Å²) in [6.45, 7) is 4.81. The first-order chi connectivity index (χ1) is 17.9. The van der Waals surface area contributed by atoms with E-state index in [1.807, 2.05) is 26.0 Å². The second-order valence-electron chi connectivity index (χ2n) is 8.56. The Bertz CT molecular complexity index is 1370. The predicted molar refractivity (Wildman–Crippen MR) is 143 cm³/mol. The zero-order valence-electron chi connectivity index (χ0n) is 20.6. The summed E-state index contributed by atoms with van der Waals surface area (Å²) in [5, 5.41) is 9.67. The number of aliphatic imine (C=N–C) groups is 1. The summed E-state index contributed by atoms with van der Waals surface area (Å²) in [5.41, 5.74) is 1.33. The van der Waals surface area contributed by atoms with Crippen molar-refractivity contribution in [3.05, 3.63) is 88.6 Å². The average Bonchev–Trinajstić information content (AvgIpc) is 3.38. The molecule has 0 radical (unpaired) electrons. The van der Waals surface area contributed by atoms with Crippen molar-refractivity contribution in [3.63, 3.8) is 0 Å². The highest BCUT2D eigenvalue weighted by molar-refractivity contribution is 6.34. The molecule has 2 heterocycles. The minimum Gasteiger partial charge on any atom is -0.494 e. The van der Waals surface area contributed by atoms with Crippen molar-refractivity contribution in [1.82, 2.24) is 4.98 Å².